The van der Waals surface area contributed by atoms with Gasteiger partial charge in [0, 0.05) is 0 Å². The molecule has 0 atom stereocenters. The van der Waals surface area contributed by atoms with Gasteiger partial charge in [0.15, 0.2) is 16.7 Å². The summed E-state index contributed by atoms with van der Waals surface area (Å²) in [5, 5.41) is 0.622. The third kappa shape index (κ3) is 8.49. The van der Waals surface area contributed by atoms with E-state index in [9.17, 15) is 4.79 Å². The summed E-state index contributed by atoms with van der Waals surface area (Å²) in [7, 11) is 0. The lowest BCUT2D eigenvalue weighted by molar-refractivity contribution is -0.113. The number of benzene rings is 3. The van der Waals surface area contributed by atoms with Crippen LogP contribution in [0.15, 0.2) is 75.0 Å². The SMILES string of the molecule is CCCCCCCCOc1c(Br)cc(/C=C2/SC(=Nc3ccc(C)cc3)N(c3ccc(C)cc3)C2=O)cc1OCC. The second-order valence-electron chi connectivity index (χ2n) is 10.2. The van der Waals surface area contributed by atoms with E-state index in [0.717, 1.165) is 45.4 Å². The monoisotopic (exact) mass is 634 g/mol. The van der Waals surface area contributed by atoms with Crippen molar-refractivity contribution >= 4 is 56.2 Å². The van der Waals surface area contributed by atoms with Crippen LogP contribution in [0.25, 0.3) is 6.08 Å². The molecule has 0 aromatic heterocycles. The van der Waals surface area contributed by atoms with E-state index in [1.807, 2.05) is 87.5 Å². The maximum Gasteiger partial charge on any atom is 0.271 e. The number of carbonyl (C=O) groups excluding carboxylic acids is 1. The van der Waals surface area contributed by atoms with Gasteiger partial charge in [-0.15, -0.1) is 0 Å². The van der Waals surface area contributed by atoms with Gasteiger partial charge in [-0.3, -0.25) is 9.69 Å². The highest BCUT2D eigenvalue weighted by Gasteiger charge is 2.35. The van der Waals surface area contributed by atoms with Gasteiger partial charge >= 0.3 is 0 Å². The molecule has 0 bridgehead atoms. The zero-order chi connectivity index (χ0) is 29.2. The predicted octanol–water partition coefficient (Wildman–Crippen LogP) is 10.0. The highest BCUT2D eigenvalue weighted by atomic mass is 79.9. The number of amidine groups is 1. The smallest absolute Gasteiger partial charge is 0.271 e. The summed E-state index contributed by atoms with van der Waals surface area (Å²) in [4.78, 5) is 20.9. The lowest BCUT2D eigenvalue weighted by atomic mass is 10.1. The third-order valence-corrected chi connectivity index (χ3v) is 8.29. The van der Waals surface area contributed by atoms with Gasteiger partial charge in [-0.25, -0.2) is 4.99 Å². The first-order valence-corrected chi connectivity index (χ1v) is 16.1. The number of aliphatic imine (C=N–C) groups is 1. The molecule has 4 rings (SSSR count). The van der Waals surface area contributed by atoms with Crippen molar-refractivity contribution in [3.05, 3.63) is 86.7 Å². The van der Waals surface area contributed by atoms with Crippen LogP contribution in [0.3, 0.4) is 0 Å². The van der Waals surface area contributed by atoms with Crippen LogP contribution < -0.4 is 14.4 Å². The number of rotatable bonds is 13. The van der Waals surface area contributed by atoms with Crippen LogP contribution in [-0.2, 0) is 4.79 Å². The Bertz CT molecular complexity index is 1380. The number of aryl methyl sites for hydroxylation is 2. The fourth-order valence-electron chi connectivity index (χ4n) is 4.48. The molecule has 41 heavy (non-hydrogen) atoms. The molecule has 1 aliphatic rings. The lowest BCUT2D eigenvalue weighted by Crippen LogP contribution is -2.28. The Morgan fingerprint density at radius 3 is 2.22 bits per heavy atom. The van der Waals surface area contributed by atoms with Crippen LogP contribution in [0.4, 0.5) is 11.4 Å². The van der Waals surface area contributed by atoms with Crippen molar-refractivity contribution < 1.29 is 14.3 Å². The van der Waals surface area contributed by atoms with E-state index >= 15 is 0 Å². The molecule has 0 radical (unpaired) electrons. The van der Waals surface area contributed by atoms with Gasteiger partial charge in [-0.1, -0.05) is 74.4 Å². The molecule has 5 nitrogen and oxygen atoms in total. The normalized spacial score (nSPS) is 15.2. The zero-order valence-corrected chi connectivity index (χ0v) is 26.8. The Hall–Kier alpha value is -3.03. The lowest BCUT2D eigenvalue weighted by Gasteiger charge is -2.16. The number of hydrogen-bond donors (Lipinski definition) is 0. The zero-order valence-electron chi connectivity index (χ0n) is 24.4. The van der Waals surface area contributed by atoms with Crippen LogP contribution >= 0.6 is 27.7 Å². The minimum absolute atomic E-state index is 0.109. The van der Waals surface area contributed by atoms with Crippen molar-refractivity contribution in [2.45, 2.75) is 66.2 Å². The van der Waals surface area contributed by atoms with E-state index in [1.54, 1.807) is 4.90 Å². The van der Waals surface area contributed by atoms with E-state index in [1.165, 1.54) is 37.4 Å². The van der Waals surface area contributed by atoms with E-state index in [0.29, 0.717) is 34.8 Å². The number of thioether (sulfide) groups is 1. The molecule has 1 aliphatic heterocycles. The molecular formula is C34H39BrN2O3S. The molecule has 1 saturated heterocycles. The van der Waals surface area contributed by atoms with Gasteiger partial charge in [-0.2, -0.15) is 0 Å². The quantitative estimate of drug-likeness (QED) is 0.139. The maximum absolute atomic E-state index is 13.8. The second kappa shape index (κ2) is 15.3. The topological polar surface area (TPSA) is 51.1 Å². The van der Waals surface area contributed by atoms with Crippen molar-refractivity contribution in [1.82, 2.24) is 0 Å². The number of halogens is 1. The molecule has 0 spiro atoms. The molecule has 0 saturated carbocycles. The van der Waals surface area contributed by atoms with Crippen molar-refractivity contribution in [3.63, 3.8) is 0 Å². The Morgan fingerprint density at radius 2 is 1.54 bits per heavy atom. The summed E-state index contributed by atoms with van der Waals surface area (Å²) in [5.41, 5.74) is 4.74. The fraction of sp³-hybridized carbons (Fsp3) is 0.353. The third-order valence-electron chi connectivity index (χ3n) is 6.73. The van der Waals surface area contributed by atoms with Crippen LogP contribution in [0.5, 0.6) is 11.5 Å². The summed E-state index contributed by atoms with van der Waals surface area (Å²) in [5.74, 6) is 1.26. The molecule has 3 aromatic carbocycles. The highest BCUT2D eigenvalue weighted by molar-refractivity contribution is 9.10. The Kier molecular flexibility index (Phi) is 11.5. The van der Waals surface area contributed by atoms with Gasteiger partial charge in [0.1, 0.15) is 0 Å². The maximum atomic E-state index is 13.8. The van der Waals surface area contributed by atoms with Gasteiger partial charge in [-0.05, 0) is 103 Å². The van der Waals surface area contributed by atoms with Crippen molar-refractivity contribution in [3.8, 4) is 11.5 Å². The van der Waals surface area contributed by atoms with E-state index in [4.69, 9.17) is 14.5 Å². The standard InChI is InChI=1S/C34H39BrN2O3S/c1-5-7-8-9-10-11-20-40-32-29(35)21-26(22-30(32)39-6-2)23-31-33(38)37(28-18-14-25(4)15-19-28)34(41-31)36-27-16-12-24(3)13-17-27/h12-19,21-23H,5-11,20H2,1-4H3/b31-23+,36-34?. The molecule has 7 heteroatoms. The van der Waals surface area contributed by atoms with Gasteiger partial charge in [0.05, 0.1) is 34.0 Å². The molecule has 0 N–H and O–H groups in total. The summed E-state index contributed by atoms with van der Waals surface area (Å²) in [6.45, 7) is 9.43. The first kappa shape index (κ1) is 30.9. The van der Waals surface area contributed by atoms with E-state index < -0.39 is 0 Å². The molecule has 216 valence electrons. The number of anilines is 1. The Morgan fingerprint density at radius 1 is 0.878 bits per heavy atom. The van der Waals surface area contributed by atoms with E-state index in [-0.39, 0.29) is 5.91 Å². The molecule has 1 fully saturated rings. The van der Waals surface area contributed by atoms with Crippen LogP contribution in [0.2, 0.25) is 0 Å². The van der Waals surface area contributed by atoms with Gasteiger partial charge in [0.2, 0.25) is 0 Å². The molecule has 1 amide bonds. The largest absolute Gasteiger partial charge is 0.490 e. The van der Waals surface area contributed by atoms with Gasteiger partial charge < -0.3 is 9.47 Å². The molecule has 0 unspecified atom stereocenters. The number of carbonyl (C=O) groups is 1. The molecular weight excluding hydrogens is 596 g/mol. The molecule has 1 heterocycles. The average Bonchev–Trinajstić information content (AvgIpc) is 3.25. The van der Waals surface area contributed by atoms with Crippen LogP contribution in [-0.4, -0.2) is 24.3 Å². The van der Waals surface area contributed by atoms with Crippen molar-refractivity contribution in [2.24, 2.45) is 4.99 Å². The predicted molar refractivity (Wildman–Crippen MR) is 177 cm³/mol. The summed E-state index contributed by atoms with van der Waals surface area (Å²) >= 11 is 5.07. The number of amides is 1. The summed E-state index contributed by atoms with van der Waals surface area (Å²) < 4.78 is 12.9. The minimum Gasteiger partial charge on any atom is -0.490 e. The van der Waals surface area contributed by atoms with Crippen LogP contribution in [0.1, 0.15) is 69.1 Å². The number of ether oxygens (including phenoxy) is 2. The van der Waals surface area contributed by atoms with Crippen LogP contribution in [0, 0.1) is 13.8 Å². The first-order valence-electron chi connectivity index (χ1n) is 14.4. The van der Waals surface area contributed by atoms with Crippen molar-refractivity contribution in [1.29, 1.82) is 0 Å². The second-order valence-corrected chi connectivity index (χ2v) is 12.1. The number of nitrogens with zero attached hydrogens (tertiary/aromatic N) is 2. The fourth-order valence-corrected chi connectivity index (χ4v) is 6.06. The van der Waals surface area contributed by atoms with E-state index in [2.05, 4.69) is 22.9 Å². The minimum atomic E-state index is -0.109. The molecule has 0 aliphatic carbocycles. The Balaban J connectivity index is 1.60. The number of hydrogen-bond acceptors (Lipinski definition) is 5. The summed E-state index contributed by atoms with van der Waals surface area (Å²) in [6, 6.07) is 19.8. The Labute approximate surface area is 257 Å². The summed E-state index contributed by atoms with van der Waals surface area (Å²) in [6.07, 6.45) is 9.13. The average molecular weight is 636 g/mol. The molecule has 3 aromatic rings. The first-order chi connectivity index (χ1) is 19.9. The van der Waals surface area contributed by atoms with Gasteiger partial charge in [0.25, 0.3) is 5.91 Å². The highest BCUT2D eigenvalue weighted by Crippen LogP contribution is 2.41. The van der Waals surface area contributed by atoms with Crippen molar-refractivity contribution in [2.75, 3.05) is 18.1 Å². The number of unbranched alkanes of at least 4 members (excludes halogenated alkanes) is 5.